The van der Waals surface area contributed by atoms with E-state index in [-0.39, 0.29) is 5.92 Å². The van der Waals surface area contributed by atoms with Crippen LogP contribution >= 0.6 is 0 Å². The van der Waals surface area contributed by atoms with Crippen LogP contribution in [0.3, 0.4) is 0 Å². The first-order valence-corrected chi connectivity index (χ1v) is 7.34. The molecule has 102 valence electrons. The highest BCUT2D eigenvalue weighted by molar-refractivity contribution is 5.43. The van der Waals surface area contributed by atoms with E-state index >= 15 is 0 Å². The van der Waals surface area contributed by atoms with Crippen molar-refractivity contribution in [3.63, 3.8) is 0 Å². The van der Waals surface area contributed by atoms with Crippen LogP contribution in [-0.2, 0) is 6.42 Å². The summed E-state index contributed by atoms with van der Waals surface area (Å²) < 4.78 is 5.74. The van der Waals surface area contributed by atoms with Gasteiger partial charge in [-0.1, -0.05) is 36.4 Å². The van der Waals surface area contributed by atoms with Crippen LogP contribution in [0, 0.1) is 0 Å². The van der Waals surface area contributed by atoms with Crippen molar-refractivity contribution in [2.75, 3.05) is 0 Å². The maximum Gasteiger partial charge on any atom is 0.119 e. The lowest BCUT2D eigenvalue weighted by Crippen LogP contribution is -2.23. The molecule has 2 atom stereocenters. The van der Waals surface area contributed by atoms with Crippen molar-refractivity contribution in [3.05, 3.63) is 65.2 Å². The molecular formula is C18H18O2. The molecule has 1 saturated carbocycles. The summed E-state index contributed by atoms with van der Waals surface area (Å²) in [6, 6.07) is 16.3. The molecule has 1 N–H and O–H groups in total. The lowest BCUT2D eigenvalue weighted by atomic mass is 9.73. The molecule has 2 aliphatic carbocycles. The summed E-state index contributed by atoms with van der Waals surface area (Å²) in [5.74, 6) is 1.15. The third-order valence-corrected chi connectivity index (χ3v) is 4.32. The molecule has 0 amide bonds. The molecule has 0 saturated heterocycles. The molecule has 2 nitrogen and oxygen atoms in total. The van der Waals surface area contributed by atoms with Gasteiger partial charge in [0.15, 0.2) is 0 Å². The highest BCUT2D eigenvalue weighted by atomic mass is 16.5. The first kappa shape index (κ1) is 12.0. The Bertz CT molecular complexity index is 614. The van der Waals surface area contributed by atoms with Gasteiger partial charge in [0.25, 0.3) is 0 Å². The van der Waals surface area contributed by atoms with E-state index in [1.165, 1.54) is 24.0 Å². The summed E-state index contributed by atoms with van der Waals surface area (Å²) in [6.45, 7) is 0. The molecule has 2 aromatic carbocycles. The van der Waals surface area contributed by atoms with Gasteiger partial charge in [0.05, 0.1) is 12.2 Å². The molecule has 0 aromatic heterocycles. The second-order valence-electron chi connectivity index (χ2n) is 5.84. The summed E-state index contributed by atoms with van der Waals surface area (Å²) in [4.78, 5) is 0. The first-order chi connectivity index (χ1) is 9.81. The molecule has 4 rings (SSSR count). The van der Waals surface area contributed by atoms with Crippen molar-refractivity contribution < 1.29 is 9.84 Å². The van der Waals surface area contributed by atoms with Crippen molar-refractivity contribution in [1.82, 2.24) is 0 Å². The Balaban J connectivity index is 1.50. The van der Waals surface area contributed by atoms with Gasteiger partial charge in [-0.25, -0.2) is 0 Å². The second-order valence-corrected chi connectivity index (χ2v) is 5.84. The number of hydrogen-bond acceptors (Lipinski definition) is 2. The molecule has 2 aromatic rings. The molecular weight excluding hydrogens is 248 g/mol. The summed E-state index contributed by atoms with van der Waals surface area (Å²) >= 11 is 0. The molecule has 2 aliphatic rings. The van der Waals surface area contributed by atoms with E-state index in [0.29, 0.717) is 6.10 Å². The fourth-order valence-corrected chi connectivity index (χ4v) is 2.93. The SMILES string of the molecule is OC(c1ccc(OC2CC2)cc1)C1Cc2ccccc21. The van der Waals surface area contributed by atoms with Crippen LogP contribution in [0.5, 0.6) is 5.75 Å². The van der Waals surface area contributed by atoms with Crippen molar-refractivity contribution >= 4 is 0 Å². The zero-order chi connectivity index (χ0) is 13.5. The summed E-state index contributed by atoms with van der Waals surface area (Å²) in [6.07, 6.45) is 3.31. The topological polar surface area (TPSA) is 29.5 Å². The average Bonchev–Trinajstić information content (AvgIpc) is 3.25. The number of rotatable bonds is 4. The minimum absolute atomic E-state index is 0.237. The standard InChI is InChI=1S/C18H18O2/c19-18(17-11-13-3-1-2-4-16(13)17)12-5-7-14(8-6-12)20-15-9-10-15/h1-8,15,17-19H,9-11H2. The van der Waals surface area contributed by atoms with E-state index in [1.54, 1.807) is 0 Å². The van der Waals surface area contributed by atoms with Crippen LogP contribution < -0.4 is 4.74 Å². The molecule has 1 fully saturated rings. The Morgan fingerprint density at radius 2 is 1.75 bits per heavy atom. The Labute approximate surface area is 119 Å². The van der Waals surface area contributed by atoms with Crippen LogP contribution in [0.2, 0.25) is 0 Å². The highest BCUT2D eigenvalue weighted by Crippen LogP contribution is 2.43. The monoisotopic (exact) mass is 266 g/mol. The van der Waals surface area contributed by atoms with E-state index in [2.05, 4.69) is 18.2 Å². The zero-order valence-electron chi connectivity index (χ0n) is 11.3. The zero-order valence-corrected chi connectivity index (χ0v) is 11.3. The average molecular weight is 266 g/mol. The molecule has 2 heteroatoms. The van der Waals surface area contributed by atoms with Crippen LogP contribution in [0.4, 0.5) is 0 Å². The summed E-state index contributed by atoms with van der Waals surface area (Å²) in [5, 5.41) is 10.5. The fraction of sp³-hybridized carbons (Fsp3) is 0.333. The fourth-order valence-electron chi connectivity index (χ4n) is 2.93. The van der Waals surface area contributed by atoms with E-state index in [1.807, 2.05) is 30.3 Å². The first-order valence-electron chi connectivity index (χ1n) is 7.34. The van der Waals surface area contributed by atoms with Gasteiger partial charge in [-0.05, 0) is 48.1 Å². The lowest BCUT2D eigenvalue weighted by molar-refractivity contribution is 0.134. The van der Waals surface area contributed by atoms with Gasteiger partial charge in [-0.3, -0.25) is 0 Å². The van der Waals surface area contributed by atoms with Crippen LogP contribution in [0.25, 0.3) is 0 Å². The van der Waals surface area contributed by atoms with E-state index in [9.17, 15) is 5.11 Å². The quantitative estimate of drug-likeness (QED) is 0.916. The Morgan fingerprint density at radius 3 is 2.45 bits per heavy atom. The van der Waals surface area contributed by atoms with Gasteiger partial charge in [0, 0.05) is 5.92 Å². The van der Waals surface area contributed by atoms with Crippen LogP contribution in [-0.4, -0.2) is 11.2 Å². The maximum atomic E-state index is 10.5. The number of benzene rings is 2. The van der Waals surface area contributed by atoms with Gasteiger partial charge >= 0.3 is 0 Å². The minimum atomic E-state index is -0.417. The van der Waals surface area contributed by atoms with Crippen LogP contribution in [0.15, 0.2) is 48.5 Å². The highest BCUT2D eigenvalue weighted by Gasteiger charge is 2.32. The number of ether oxygens (including phenoxy) is 1. The second kappa shape index (κ2) is 4.64. The summed E-state index contributed by atoms with van der Waals surface area (Å²) in [5.41, 5.74) is 3.64. The Hall–Kier alpha value is -1.80. The number of aliphatic hydroxyl groups is 1. The summed E-state index contributed by atoms with van der Waals surface area (Å²) in [7, 11) is 0. The predicted octanol–water partition coefficient (Wildman–Crippen LogP) is 3.60. The molecule has 0 radical (unpaired) electrons. The molecule has 20 heavy (non-hydrogen) atoms. The lowest BCUT2D eigenvalue weighted by Gasteiger charge is -2.34. The number of hydrogen-bond donors (Lipinski definition) is 1. The normalized spacial score (nSPS) is 21.8. The van der Waals surface area contributed by atoms with Gasteiger partial charge in [-0.15, -0.1) is 0 Å². The van der Waals surface area contributed by atoms with E-state index in [0.717, 1.165) is 17.7 Å². The van der Waals surface area contributed by atoms with Gasteiger partial charge in [-0.2, -0.15) is 0 Å². The molecule has 2 unspecified atom stereocenters. The van der Waals surface area contributed by atoms with Gasteiger partial charge in [0.1, 0.15) is 5.75 Å². The third kappa shape index (κ3) is 2.10. The van der Waals surface area contributed by atoms with Crippen molar-refractivity contribution in [3.8, 4) is 5.75 Å². The molecule has 0 heterocycles. The number of fused-ring (bicyclic) bond motifs is 1. The van der Waals surface area contributed by atoms with Crippen molar-refractivity contribution in [1.29, 1.82) is 0 Å². The largest absolute Gasteiger partial charge is 0.490 e. The predicted molar refractivity (Wildman–Crippen MR) is 77.9 cm³/mol. The van der Waals surface area contributed by atoms with Crippen molar-refractivity contribution in [2.24, 2.45) is 0 Å². The van der Waals surface area contributed by atoms with E-state index < -0.39 is 6.10 Å². The Morgan fingerprint density at radius 1 is 1.00 bits per heavy atom. The smallest absolute Gasteiger partial charge is 0.119 e. The third-order valence-electron chi connectivity index (χ3n) is 4.32. The van der Waals surface area contributed by atoms with Crippen LogP contribution in [0.1, 0.15) is 41.6 Å². The van der Waals surface area contributed by atoms with Gasteiger partial charge in [0.2, 0.25) is 0 Å². The Kier molecular flexibility index (Phi) is 2.78. The molecule has 0 bridgehead atoms. The molecule has 0 spiro atoms. The minimum Gasteiger partial charge on any atom is -0.490 e. The van der Waals surface area contributed by atoms with Crippen molar-refractivity contribution in [2.45, 2.75) is 37.4 Å². The molecule has 0 aliphatic heterocycles. The van der Waals surface area contributed by atoms with E-state index in [4.69, 9.17) is 4.74 Å². The number of aliphatic hydroxyl groups excluding tert-OH is 1. The van der Waals surface area contributed by atoms with Gasteiger partial charge < -0.3 is 9.84 Å². The maximum absolute atomic E-state index is 10.5.